The lowest BCUT2D eigenvalue weighted by molar-refractivity contribution is 0.632. The molecule has 0 saturated heterocycles. The first-order chi connectivity index (χ1) is 12.7. The number of nitrogens with one attached hydrogen (secondary N) is 2. The van der Waals surface area contributed by atoms with Crippen LogP contribution in [0.4, 0.5) is 0 Å². The van der Waals surface area contributed by atoms with Gasteiger partial charge in [-0.2, -0.15) is 0 Å². The van der Waals surface area contributed by atoms with E-state index in [1.807, 2.05) is 11.8 Å². The summed E-state index contributed by atoms with van der Waals surface area (Å²) < 4.78 is 2.36. The first-order valence-corrected chi connectivity index (χ1v) is 10.2. The van der Waals surface area contributed by atoms with Crippen molar-refractivity contribution in [1.29, 1.82) is 0 Å². The summed E-state index contributed by atoms with van der Waals surface area (Å²) in [5.74, 6) is 1.91. The summed E-state index contributed by atoms with van der Waals surface area (Å²) in [4.78, 5) is 6.17. The molecule has 0 atom stereocenters. The Hall–Kier alpha value is -2.02. The SMILES string of the molecule is CCNC(=NCC1(Sc2ccccc2)CC1)NCCn1cnnc1CC. The Labute approximate surface area is 159 Å². The van der Waals surface area contributed by atoms with Crippen molar-refractivity contribution in [3.8, 4) is 0 Å². The maximum atomic E-state index is 4.84. The topological polar surface area (TPSA) is 67.1 Å². The monoisotopic (exact) mass is 372 g/mol. The summed E-state index contributed by atoms with van der Waals surface area (Å²) in [6.07, 6.45) is 5.15. The van der Waals surface area contributed by atoms with Gasteiger partial charge in [0.05, 0.1) is 6.54 Å². The van der Waals surface area contributed by atoms with Gasteiger partial charge in [0.2, 0.25) is 0 Å². The van der Waals surface area contributed by atoms with Gasteiger partial charge >= 0.3 is 0 Å². The fourth-order valence-corrected chi connectivity index (χ4v) is 4.00. The predicted octanol–water partition coefficient (Wildman–Crippen LogP) is 2.72. The highest BCUT2D eigenvalue weighted by molar-refractivity contribution is 8.01. The molecule has 2 N–H and O–H groups in total. The molecule has 1 fully saturated rings. The summed E-state index contributed by atoms with van der Waals surface area (Å²) in [5, 5.41) is 14.9. The smallest absolute Gasteiger partial charge is 0.191 e. The molecular weight excluding hydrogens is 344 g/mol. The summed E-state index contributed by atoms with van der Waals surface area (Å²) >= 11 is 1.96. The molecule has 0 bridgehead atoms. The molecule has 26 heavy (non-hydrogen) atoms. The van der Waals surface area contributed by atoms with Crippen LogP contribution in [0.3, 0.4) is 0 Å². The highest BCUT2D eigenvalue weighted by Crippen LogP contribution is 2.51. The first kappa shape index (κ1) is 18.8. The van der Waals surface area contributed by atoms with E-state index in [1.165, 1.54) is 17.7 Å². The average molecular weight is 373 g/mol. The standard InChI is InChI=1S/C19H28N6S/c1-3-17-24-23-15-25(17)13-12-21-18(20-4-2)22-14-19(10-11-19)26-16-8-6-5-7-9-16/h5-9,15H,3-4,10-14H2,1-2H3,(H2,20,21,22). The van der Waals surface area contributed by atoms with Gasteiger partial charge in [-0.25, -0.2) is 0 Å². The van der Waals surface area contributed by atoms with E-state index >= 15 is 0 Å². The Bertz CT molecular complexity index is 708. The molecule has 1 aliphatic carbocycles. The number of hydrogen-bond acceptors (Lipinski definition) is 4. The number of aryl methyl sites for hydroxylation is 1. The molecule has 0 aliphatic heterocycles. The van der Waals surface area contributed by atoms with Gasteiger partial charge in [-0.05, 0) is 31.9 Å². The summed E-state index contributed by atoms with van der Waals surface area (Å²) in [6, 6.07) is 10.6. The van der Waals surface area contributed by atoms with Gasteiger partial charge < -0.3 is 15.2 Å². The molecule has 6 nitrogen and oxygen atoms in total. The number of aliphatic imine (C=N–C) groups is 1. The highest BCUT2D eigenvalue weighted by Gasteiger charge is 2.43. The Morgan fingerprint density at radius 2 is 2.04 bits per heavy atom. The highest BCUT2D eigenvalue weighted by atomic mass is 32.2. The molecule has 1 aliphatic rings. The second-order valence-corrected chi connectivity index (χ2v) is 8.06. The quantitative estimate of drug-likeness (QED) is 0.523. The van der Waals surface area contributed by atoms with E-state index in [2.05, 4.69) is 69.6 Å². The third-order valence-corrected chi connectivity index (χ3v) is 5.89. The number of aromatic nitrogens is 3. The van der Waals surface area contributed by atoms with E-state index in [9.17, 15) is 0 Å². The third kappa shape index (κ3) is 5.24. The minimum Gasteiger partial charge on any atom is -0.357 e. The van der Waals surface area contributed by atoms with E-state index in [0.717, 1.165) is 44.4 Å². The lowest BCUT2D eigenvalue weighted by atomic mass is 10.4. The summed E-state index contributed by atoms with van der Waals surface area (Å²) in [6.45, 7) is 7.53. The molecule has 2 aromatic rings. The van der Waals surface area contributed by atoms with Crippen LogP contribution in [0.2, 0.25) is 0 Å². The fraction of sp³-hybridized carbons (Fsp3) is 0.526. The first-order valence-electron chi connectivity index (χ1n) is 9.37. The van der Waals surface area contributed by atoms with E-state index in [1.54, 1.807) is 6.33 Å². The Kier molecular flexibility index (Phi) is 6.55. The minimum absolute atomic E-state index is 0.271. The molecule has 0 unspecified atom stereocenters. The van der Waals surface area contributed by atoms with Crippen molar-refractivity contribution < 1.29 is 0 Å². The van der Waals surface area contributed by atoms with Gasteiger partial charge in [0.25, 0.3) is 0 Å². The molecule has 140 valence electrons. The van der Waals surface area contributed by atoms with Crippen molar-refractivity contribution in [1.82, 2.24) is 25.4 Å². The van der Waals surface area contributed by atoms with E-state index < -0.39 is 0 Å². The zero-order valence-corrected chi connectivity index (χ0v) is 16.4. The normalized spacial score (nSPS) is 15.7. The maximum Gasteiger partial charge on any atom is 0.191 e. The maximum absolute atomic E-state index is 4.84. The number of benzene rings is 1. The van der Waals surface area contributed by atoms with Gasteiger partial charge in [-0.3, -0.25) is 4.99 Å². The van der Waals surface area contributed by atoms with Crippen LogP contribution in [0, 0.1) is 0 Å². The van der Waals surface area contributed by atoms with Crippen LogP contribution >= 0.6 is 11.8 Å². The second-order valence-electron chi connectivity index (χ2n) is 6.51. The van der Waals surface area contributed by atoms with E-state index in [0.29, 0.717) is 0 Å². The molecule has 1 aromatic carbocycles. The fourth-order valence-electron chi connectivity index (χ4n) is 2.77. The Morgan fingerprint density at radius 3 is 2.73 bits per heavy atom. The van der Waals surface area contributed by atoms with Crippen LogP contribution in [0.1, 0.15) is 32.5 Å². The van der Waals surface area contributed by atoms with Crippen molar-refractivity contribution in [2.24, 2.45) is 4.99 Å². The predicted molar refractivity (Wildman–Crippen MR) is 108 cm³/mol. The van der Waals surface area contributed by atoms with Crippen LogP contribution in [0.25, 0.3) is 0 Å². The average Bonchev–Trinajstić information content (AvgIpc) is 3.27. The second kappa shape index (κ2) is 9.07. The van der Waals surface area contributed by atoms with Gasteiger partial charge in [0, 0.05) is 35.7 Å². The largest absolute Gasteiger partial charge is 0.357 e. The van der Waals surface area contributed by atoms with Crippen molar-refractivity contribution in [3.05, 3.63) is 42.5 Å². The molecular formula is C19H28N6S. The number of hydrogen-bond donors (Lipinski definition) is 2. The van der Waals surface area contributed by atoms with Gasteiger partial charge in [0.1, 0.15) is 12.2 Å². The van der Waals surface area contributed by atoms with Crippen LogP contribution in [-0.2, 0) is 13.0 Å². The van der Waals surface area contributed by atoms with Crippen LogP contribution in [0.5, 0.6) is 0 Å². The summed E-state index contributed by atoms with van der Waals surface area (Å²) in [7, 11) is 0. The van der Waals surface area contributed by atoms with E-state index in [4.69, 9.17) is 4.99 Å². The molecule has 7 heteroatoms. The zero-order valence-electron chi connectivity index (χ0n) is 15.6. The molecule has 1 heterocycles. The third-order valence-electron chi connectivity index (χ3n) is 4.41. The zero-order chi connectivity index (χ0) is 18.2. The minimum atomic E-state index is 0.271. The summed E-state index contributed by atoms with van der Waals surface area (Å²) in [5.41, 5.74) is 0. The molecule has 3 rings (SSSR count). The van der Waals surface area contributed by atoms with Gasteiger partial charge in [0.15, 0.2) is 5.96 Å². The van der Waals surface area contributed by atoms with E-state index in [-0.39, 0.29) is 4.75 Å². The lowest BCUT2D eigenvalue weighted by Crippen LogP contribution is -2.39. The number of rotatable bonds is 9. The van der Waals surface area contributed by atoms with Gasteiger partial charge in [-0.1, -0.05) is 25.1 Å². The van der Waals surface area contributed by atoms with Crippen molar-refractivity contribution >= 4 is 17.7 Å². The molecule has 0 amide bonds. The van der Waals surface area contributed by atoms with Crippen LogP contribution in [-0.4, -0.2) is 45.1 Å². The van der Waals surface area contributed by atoms with Crippen molar-refractivity contribution in [2.75, 3.05) is 19.6 Å². The number of guanidine groups is 1. The van der Waals surface area contributed by atoms with Gasteiger partial charge in [-0.15, -0.1) is 22.0 Å². The molecule has 1 saturated carbocycles. The Morgan fingerprint density at radius 1 is 1.23 bits per heavy atom. The van der Waals surface area contributed by atoms with Crippen molar-refractivity contribution in [2.45, 2.75) is 49.3 Å². The molecule has 0 spiro atoms. The lowest BCUT2D eigenvalue weighted by Gasteiger charge is -2.15. The molecule has 1 aromatic heterocycles. The number of thioether (sulfide) groups is 1. The Balaban J connectivity index is 1.52. The number of nitrogens with zero attached hydrogens (tertiary/aromatic N) is 4. The van der Waals surface area contributed by atoms with Crippen LogP contribution < -0.4 is 10.6 Å². The van der Waals surface area contributed by atoms with Crippen molar-refractivity contribution in [3.63, 3.8) is 0 Å². The van der Waals surface area contributed by atoms with Crippen LogP contribution in [0.15, 0.2) is 46.5 Å². The molecule has 0 radical (unpaired) electrons.